The number of aryl methyl sites for hydroxylation is 2. The average Bonchev–Trinajstić information content (AvgIpc) is 4.14. The van der Waals surface area contributed by atoms with E-state index in [0.717, 1.165) is 108 Å². The van der Waals surface area contributed by atoms with Crippen molar-refractivity contribution >= 4 is 45.8 Å². The van der Waals surface area contributed by atoms with Crippen LogP contribution in [0.4, 0.5) is 16.3 Å². The number of nitrogens with zero attached hydrogens (tertiary/aromatic N) is 14. The number of rotatable bonds is 10. The zero-order valence-electron chi connectivity index (χ0n) is 38.3. The summed E-state index contributed by atoms with van der Waals surface area (Å²) in [5, 5.41) is 32.8. The van der Waals surface area contributed by atoms with Gasteiger partial charge in [-0.3, -0.25) is 29.2 Å². The van der Waals surface area contributed by atoms with Crippen molar-refractivity contribution < 1.29 is 14.4 Å². The molecule has 8 heterocycles. The minimum absolute atomic E-state index is 0.0378. The molecule has 19 nitrogen and oxygen atoms in total. The van der Waals surface area contributed by atoms with E-state index in [1.807, 2.05) is 81.5 Å². The first-order chi connectivity index (χ1) is 31.7. The molecule has 1 atom stereocenters. The van der Waals surface area contributed by atoms with Gasteiger partial charge in [0.05, 0.1) is 58.6 Å². The summed E-state index contributed by atoms with van der Waals surface area (Å²) < 4.78 is 5.82. The van der Waals surface area contributed by atoms with E-state index in [1.165, 1.54) is 10.5 Å². The third kappa shape index (κ3) is 8.38. The molecule has 3 aliphatic heterocycles. The van der Waals surface area contributed by atoms with Crippen molar-refractivity contribution in [2.24, 2.45) is 13.0 Å². The van der Waals surface area contributed by atoms with Gasteiger partial charge in [-0.2, -0.15) is 20.1 Å². The number of carbonyl (C=O) groups excluding carboxylic acids is 3. The number of hydrogen-bond donors (Lipinski definition) is 2. The third-order valence-corrected chi connectivity index (χ3v) is 13.4. The van der Waals surface area contributed by atoms with Crippen LogP contribution in [0.3, 0.4) is 0 Å². The highest BCUT2D eigenvalue weighted by Gasteiger charge is 2.30. The summed E-state index contributed by atoms with van der Waals surface area (Å²) in [5.74, 6) is 0.640. The van der Waals surface area contributed by atoms with Gasteiger partial charge in [0.2, 0.25) is 5.91 Å². The van der Waals surface area contributed by atoms with Gasteiger partial charge in [0.25, 0.3) is 11.7 Å². The van der Waals surface area contributed by atoms with Gasteiger partial charge in [-0.1, -0.05) is 12.1 Å². The molecule has 0 radical (unpaired) electrons. The summed E-state index contributed by atoms with van der Waals surface area (Å²) in [7, 11) is 1.90. The highest BCUT2D eigenvalue weighted by molar-refractivity contribution is 6.09. The number of fused-ring (bicyclic) bond motifs is 2. The molecule has 0 bridgehead atoms. The largest absolute Gasteiger partial charge is 0.371 e. The molecule has 3 saturated heterocycles. The molecular formula is C47H56N16O3. The van der Waals surface area contributed by atoms with Crippen LogP contribution in [0.5, 0.6) is 0 Å². The molecule has 7 aromatic rings. The highest BCUT2D eigenvalue weighted by Crippen LogP contribution is 2.34. The van der Waals surface area contributed by atoms with Gasteiger partial charge >= 0.3 is 6.03 Å². The number of tetrazole rings is 1. The number of urea groups is 1. The Balaban J connectivity index is 0.744. The van der Waals surface area contributed by atoms with Gasteiger partial charge < -0.3 is 15.1 Å². The van der Waals surface area contributed by atoms with Crippen LogP contribution in [-0.2, 0) is 17.4 Å². The molecule has 4 amide bonds. The van der Waals surface area contributed by atoms with Crippen LogP contribution in [0, 0.1) is 12.8 Å². The Bertz CT molecular complexity index is 2960. The molecule has 3 fully saturated rings. The van der Waals surface area contributed by atoms with Crippen molar-refractivity contribution in [3.05, 3.63) is 84.2 Å². The molecule has 5 aromatic heterocycles. The van der Waals surface area contributed by atoms with Gasteiger partial charge in [0.15, 0.2) is 5.82 Å². The van der Waals surface area contributed by atoms with E-state index < -0.39 is 6.03 Å². The van der Waals surface area contributed by atoms with Crippen molar-refractivity contribution in [2.45, 2.75) is 84.3 Å². The van der Waals surface area contributed by atoms with E-state index in [-0.39, 0.29) is 35.6 Å². The quantitative estimate of drug-likeness (QED) is 0.171. The van der Waals surface area contributed by atoms with Gasteiger partial charge in [0.1, 0.15) is 0 Å². The lowest BCUT2D eigenvalue weighted by molar-refractivity contribution is -0.120. The zero-order chi connectivity index (χ0) is 45.9. The van der Waals surface area contributed by atoms with E-state index in [4.69, 9.17) is 10.1 Å². The number of likely N-dealkylation sites (tertiary alicyclic amines) is 1. The fourth-order valence-electron chi connectivity index (χ4n) is 9.68. The summed E-state index contributed by atoms with van der Waals surface area (Å²) in [6.45, 7) is 15.4. The van der Waals surface area contributed by atoms with Gasteiger partial charge in [-0.05, 0) is 113 Å². The molecule has 3 aliphatic rings. The number of piperidine rings is 2. The molecular weight excluding hydrogens is 837 g/mol. The predicted molar refractivity (Wildman–Crippen MR) is 249 cm³/mol. The smallest absolute Gasteiger partial charge is 0.329 e. The monoisotopic (exact) mass is 892 g/mol. The van der Waals surface area contributed by atoms with E-state index in [9.17, 15) is 14.4 Å². The first kappa shape index (κ1) is 42.9. The fraction of sp³-hybridized carbons (Fsp3) is 0.447. The molecule has 19 heteroatoms. The Labute approximate surface area is 382 Å². The maximum absolute atomic E-state index is 13.0. The number of amides is 4. The minimum Gasteiger partial charge on any atom is -0.371 e. The summed E-state index contributed by atoms with van der Waals surface area (Å²) >= 11 is 0. The fourth-order valence-corrected chi connectivity index (χ4v) is 9.68. The number of benzene rings is 2. The van der Waals surface area contributed by atoms with Gasteiger partial charge in [-0.15, -0.1) is 10.2 Å². The normalized spacial score (nSPS) is 17.5. The van der Waals surface area contributed by atoms with Crippen molar-refractivity contribution in [3.63, 3.8) is 0 Å². The van der Waals surface area contributed by atoms with E-state index in [0.29, 0.717) is 24.3 Å². The second-order valence-corrected chi connectivity index (χ2v) is 19.1. The minimum atomic E-state index is -0.421. The standard InChI is InChI=1S/C47H56N16O3/c1-29-23-32(7-9-36(29)30(2)50-45(65)43-53-56-63(54-43)47(3,4)5)42-39-11-17-48-62(39)28-38(51-42)33-25-49-61(27-33)34-14-18-58(19-15-34)26-31-12-20-59(21-13-31)35-8-10-37-40(24-35)57(6)55-44(37)60-22-16-41(64)52-46(60)66/h7-11,17,23-25,27-28,30-31,34H,12-16,18-22,26H2,1-6H3,(H,50,65)(H,52,64,66)/t30-/m1/s1. The van der Waals surface area contributed by atoms with Crippen molar-refractivity contribution in [2.75, 3.05) is 49.1 Å². The van der Waals surface area contributed by atoms with E-state index in [2.05, 4.69) is 81.2 Å². The van der Waals surface area contributed by atoms with Crippen molar-refractivity contribution in [1.82, 2.24) is 69.9 Å². The number of carbonyl (C=O) groups is 3. The maximum atomic E-state index is 13.0. The van der Waals surface area contributed by atoms with Crippen LogP contribution < -0.4 is 20.4 Å². The lowest BCUT2D eigenvalue weighted by Crippen LogP contribution is -2.49. The second kappa shape index (κ2) is 17.1. The summed E-state index contributed by atoms with van der Waals surface area (Å²) in [4.78, 5) is 50.6. The number of nitrogens with one attached hydrogen (secondary N) is 2. The zero-order valence-corrected chi connectivity index (χ0v) is 38.3. The van der Waals surface area contributed by atoms with Gasteiger partial charge in [-0.25, -0.2) is 14.3 Å². The second-order valence-electron chi connectivity index (χ2n) is 19.1. The topological polar surface area (TPSA) is 194 Å². The van der Waals surface area contributed by atoms with Crippen LogP contribution in [0.15, 0.2) is 67.3 Å². The molecule has 0 saturated carbocycles. The number of imide groups is 1. The molecule has 2 aromatic carbocycles. The Morgan fingerprint density at radius 2 is 1.71 bits per heavy atom. The average molecular weight is 893 g/mol. The lowest BCUT2D eigenvalue weighted by Gasteiger charge is -2.38. The molecule has 0 aliphatic carbocycles. The van der Waals surface area contributed by atoms with Crippen LogP contribution in [0.25, 0.3) is 38.9 Å². The summed E-state index contributed by atoms with van der Waals surface area (Å²) in [5.41, 5.74) is 8.16. The van der Waals surface area contributed by atoms with E-state index in [1.54, 1.807) is 11.1 Å². The molecule has 10 rings (SSSR count). The lowest BCUT2D eigenvalue weighted by atomic mass is 9.94. The number of anilines is 2. The molecule has 342 valence electrons. The molecule has 66 heavy (non-hydrogen) atoms. The maximum Gasteiger partial charge on any atom is 0.329 e. The predicted octanol–water partition coefficient (Wildman–Crippen LogP) is 5.69. The summed E-state index contributed by atoms with van der Waals surface area (Å²) in [6, 6.07) is 14.1. The Morgan fingerprint density at radius 3 is 2.45 bits per heavy atom. The van der Waals surface area contributed by atoms with Crippen LogP contribution in [-0.4, -0.2) is 116 Å². The molecule has 0 spiro atoms. The Kier molecular flexibility index (Phi) is 11.1. The molecule has 2 N–H and O–H groups in total. The first-order valence-corrected chi connectivity index (χ1v) is 22.9. The highest BCUT2D eigenvalue weighted by atomic mass is 16.2. The SMILES string of the molecule is Cc1cc(-c2nc(-c3cnn(C4CCN(CC5CCN(c6ccc7c(N8CCC(=O)NC8=O)nn(C)c7c6)CC5)CC4)c3)cn3nccc23)ccc1[C@@H](C)NC(=O)c1nnn(C(C)(C)C)n1. The van der Waals surface area contributed by atoms with Gasteiger partial charge in [0, 0.05) is 81.1 Å². The Morgan fingerprint density at radius 1 is 0.909 bits per heavy atom. The van der Waals surface area contributed by atoms with Crippen LogP contribution >= 0.6 is 0 Å². The van der Waals surface area contributed by atoms with Crippen molar-refractivity contribution in [3.8, 4) is 22.5 Å². The van der Waals surface area contributed by atoms with E-state index >= 15 is 0 Å². The van der Waals surface area contributed by atoms with Crippen LogP contribution in [0.1, 0.15) is 93.6 Å². The summed E-state index contributed by atoms with van der Waals surface area (Å²) in [6.07, 6.45) is 12.4. The molecule has 0 unspecified atom stereocenters. The number of aromatic nitrogens is 11. The van der Waals surface area contributed by atoms with Crippen LogP contribution in [0.2, 0.25) is 0 Å². The third-order valence-electron chi connectivity index (χ3n) is 13.4. The first-order valence-electron chi connectivity index (χ1n) is 22.9. The van der Waals surface area contributed by atoms with Crippen molar-refractivity contribution in [1.29, 1.82) is 0 Å². The number of hydrogen-bond acceptors (Lipinski definition) is 12. The Hall–Kier alpha value is -7.02.